The second-order valence-electron chi connectivity index (χ2n) is 3.90. The zero-order chi connectivity index (χ0) is 16.1. The predicted octanol–water partition coefficient (Wildman–Crippen LogP) is 3.51. The SMILES string of the molecule is O=C(/C=C/c1ccc(Cl)c([N+](=O)[O-])c1)OCc1nnsc1Cl. The van der Waals surface area contributed by atoms with E-state index in [0.29, 0.717) is 15.6 Å². The second kappa shape index (κ2) is 7.30. The first-order valence-corrected chi connectivity index (χ1v) is 7.26. The number of carbonyl (C=O) groups is 1. The maximum atomic E-state index is 11.6. The molecule has 0 unspecified atom stereocenters. The first-order valence-electron chi connectivity index (χ1n) is 5.73. The molecule has 0 aliphatic heterocycles. The molecule has 0 bridgehead atoms. The van der Waals surface area contributed by atoms with Gasteiger partial charge in [-0.15, -0.1) is 5.10 Å². The van der Waals surface area contributed by atoms with Crippen LogP contribution in [0.2, 0.25) is 9.36 Å². The van der Waals surface area contributed by atoms with Crippen LogP contribution in [0.4, 0.5) is 5.69 Å². The van der Waals surface area contributed by atoms with Gasteiger partial charge in [-0.1, -0.05) is 33.8 Å². The van der Waals surface area contributed by atoms with Gasteiger partial charge in [0.15, 0.2) is 0 Å². The number of esters is 1. The Kier molecular flexibility index (Phi) is 5.42. The smallest absolute Gasteiger partial charge is 0.331 e. The van der Waals surface area contributed by atoms with Crippen molar-refractivity contribution < 1.29 is 14.5 Å². The van der Waals surface area contributed by atoms with Crippen LogP contribution < -0.4 is 0 Å². The molecule has 0 saturated heterocycles. The Balaban J connectivity index is 1.99. The molecule has 2 aromatic rings. The highest BCUT2D eigenvalue weighted by molar-refractivity contribution is 7.10. The first-order chi connectivity index (χ1) is 10.5. The molecule has 10 heteroatoms. The summed E-state index contributed by atoms with van der Waals surface area (Å²) in [7, 11) is 0. The maximum Gasteiger partial charge on any atom is 0.331 e. The van der Waals surface area contributed by atoms with E-state index in [4.69, 9.17) is 27.9 Å². The van der Waals surface area contributed by atoms with E-state index in [1.807, 2.05) is 0 Å². The van der Waals surface area contributed by atoms with Crippen molar-refractivity contribution in [3.8, 4) is 0 Å². The van der Waals surface area contributed by atoms with E-state index in [2.05, 4.69) is 9.59 Å². The molecule has 0 fully saturated rings. The highest BCUT2D eigenvalue weighted by Crippen LogP contribution is 2.25. The predicted molar refractivity (Wildman–Crippen MR) is 81.9 cm³/mol. The average Bonchev–Trinajstić information content (AvgIpc) is 2.89. The van der Waals surface area contributed by atoms with Crippen molar-refractivity contribution in [2.24, 2.45) is 0 Å². The molecule has 22 heavy (non-hydrogen) atoms. The van der Waals surface area contributed by atoms with Crippen molar-refractivity contribution in [2.75, 3.05) is 0 Å². The molecular weight excluding hydrogens is 353 g/mol. The molecule has 0 radical (unpaired) electrons. The Morgan fingerprint density at radius 3 is 2.86 bits per heavy atom. The van der Waals surface area contributed by atoms with Gasteiger partial charge < -0.3 is 4.74 Å². The number of benzene rings is 1. The van der Waals surface area contributed by atoms with Crippen molar-refractivity contribution in [1.82, 2.24) is 9.59 Å². The number of rotatable bonds is 5. The molecule has 2 rings (SSSR count). The number of nitro groups is 1. The van der Waals surface area contributed by atoms with E-state index in [9.17, 15) is 14.9 Å². The van der Waals surface area contributed by atoms with Gasteiger partial charge >= 0.3 is 5.97 Å². The van der Waals surface area contributed by atoms with E-state index < -0.39 is 10.9 Å². The lowest BCUT2D eigenvalue weighted by Crippen LogP contribution is -2.01. The number of nitro benzene ring substituents is 1. The Labute approximate surface area is 138 Å². The van der Waals surface area contributed by atoms with Gasteiger partial charge in [0.2, 0.25) is 0 Å². The lowest BCUT2D eigenvalue weighted by Gasteiger charge is -1.99. The molecular formula is C12H7Cl2N3O4S. The summed E-state index contributed by atoms with van der Waals surface area (Å²) >= 11 is 12.5. The van der Waals surface area contributed by atoms with Gasteiger partial charge in [-0.3, -0.25) is 10.1 Å². The zero-order valence-electron chi connectivity index (χ0n) is 10.7. The molecule has 0 aliphatic rings. The molecule has 0 atom stereocenters. The van der Waals surface area contributed by atoms with Gasteiger partial charge in [0.05, 0.1) is 4.92 Å². The fourth-order valence-electron chi connectivity index (χ4n) is 1.41. The average molecular weight is 360 g/mol. The first kappa shape index (κ1) is 16.3. The zero-order valence-corrected chi connectivity index (χ0v) is 13.1. The molecule has 114 valence electrons. The standard InChI is InChI=1S/C12H7Cl2N3O4S/c13-8-3-1-7(5-10(8)17(19)20)2-4-11(18)21-6-9-12(14)22-16-15-9/h1-5H,6H2/b4-2+. The van der Waals surface area contributed by atoms with Crippen LogP contribution in [0, 0.1) is 10.1 Å². The maximum absolute atomic E-state index is 11.6. The van der Waals surface area contributed by atoms with E-state index in [1.165, 1.54) is 18.2 Å². The molecule has 0 N–H and O–H groups in total. The molecule has 7 nitrogen and oxygen atoms in total. The summed E-state index contributed by atoms with van der Waals surface area (Å²) in [6.45, 7) is -0.0979. The molecule has 0 spiro atoms. The van der Waals surface area contributed by atoms with Crippen LogP contribution in [0.1, 0.15) is 11.3 Å². The molecule has 0 aliphatic carbocycles. The van der Waals surface area contributed by atoms with E-state index in [-0.39, 0.29) is 17.3 Å². The Hall–Kier alpha value is -2.03. The minimum absolute atomic E-state index is 0.0235. The van der Waals surface area contributed by atoms with Crippen LogP contribution in [0.25, 0.3) is 6.08 Å². The van der Waals surface area contributed by atoms with E-state index in [1.54, 1.807) is 6.07 Å². The van der Waals surface area contributed by atoms with Crippen molar-refractivity contribution in [2.45, 2.75) is 6.61 Å². The van der Waals surface area contributed by atoms with Crippen molar-refractivity contribution in [3.05, 3.63) is 55.0 Å². The molecule has 1 aromatic heterocycles. The quantitative estimate of drug-likeness (QED) is 0.350. The third-order valence-corrected chi connectivity index (χ3v) is 3.74. The normalized spacial score (nSPS) is 10.8. The Morgan fingerprint density at radius 2 is 2.23 bits per heavy atom. The van der Waals surface area contributed by atoms with Crippen LogP contribution in [-0.2, 0) is 16.1 Å². The summed E-state index contributed by atoms with van der Waals surface area (Å²) in [5.74, 6) is -0.637. The number of ether oxygens (including phenoxy) is 1. The summed E-state index contributed by atoms with van der Waals surface area (Å²) in [6, 6.07) is 4.18. The highest BCUT2D eigenvalue weighted by Gasteiger charge is 2.12. The number of carbonyl (C=O) groups excluding carboxylic acids is 1. The fraction of sp³-hybridized carbons (Fsp3) is 0.0833. The molecule has 1 aromatic carbocycles. The summed E-state index contributed by atoms with van der Waals surface area (Å²) in [5, 5.41) is 14.5. The fourth-order valence-corrected chi connectivity index (χ4v) is 2.20. The van der Waals surface area contributed by atoms with Gasteiger partial charge in [-0.05, 0) is 17.7 Å². The van der Waals surface area contributed by atoms with Crippen LogP contribution in [0.3, 0.4) is 0 Å². The molecule has 1 heterocycles. The van der Waals surface area contributed by atoms with E-state index >= 15 is 0 Å². The summed E-state index contributed by atoms with van der Waals surface area (Å²) in [4.78, 5) is 21.7. The topological polar surface area (TPSA) is 95.2 Å². The van der Waals surface area contributed by atoms with Gasteiger partial charge in [0.25, 0.3) is 5.69 Å². The van der Waals surface area contributed by atoms with Crippen LogP contribution in [0.15, 0.2) is 24.3 Å². The van der Waals surface area contributed by atoms with Crippen molar-refractivity contribution >= 4 is 52.5 Å². The van der Waals surface area contributed by atoms with Gasteiger partial charge in [-0.25, -0.2) is 4.79 Å². The number of aromatic nitrogens is 2. The van der Waals surface area contributed by atoms with Crippen LogP contribution in [0.5, 0.6) is 0 Å². The largest absolute Gasteiger partial charge is 0.456 e. The van der Waals surface area contributed by atoms with Crippen molar-refractivity contribution in [3.63, 3.8) is 0 Å². The van der Waals surface area contributed by atoms with Crippen molar-refractivity contribution in [1.29, 1.82) is 0 Å². The number of hydrogen-bond acceptors (Lipinski definition) is 7. The molecule has 0 amide bonds. The lowest BCUT2D eigenvalue weighted by molar-refractivity contribution is -0.384. The highest BCUT2D eigenvalue weighted by atomic mass is 35.5. The number of halogens is 2. The number of nitrogens with zero attached hydrogens (tertiary/aromatic N) is 3. The Morgan fingerprint density at radius 1 is 1.45 bits per heavy atom. The lowest BCUT2D eigenvalue weighted by atomic mass is 10.2. The van der Waals surface area contributed by atoms with Crippen LogP contribution >= 0.6 is 34.7 Å². The third kappa shape index (κ3) is 4.23. The second-order valence-corrected chi connectivity index (χ2v) is 5.67. The monoisotopic (exact) mass is 359 g/mol. The van der Waals surface area contributed by atoms with E-state index in [0.717, 1.165) is 17.6 Å². The molecule has 0 saturated carbocycles. The number of hydrogen-bond donors (Lipinski definition) is 0. The Bertz CT molecular complexity index is 748. The third-order valence-electron chi connectivity index (χ3n) is 2.44. The summed E-state index contributed by atoms with van der Waals surface area (Å²) in [5.41, 5.74) is 0.578. The van der Waals surface area contributed by atoms with Gasteiger partial charge in [-0.2, -0.15) is 0 Å². The minimum Gasteiger partial charge on any atom is -0.456 e. The summed E-state index contributed by atoms with van der Waals surface area (Å²) in [6.07, 6.45) is 2.52. The van der Waals surface area contributed by atoms with Gasteiger partial charge in [0.1, 0.15) is 21.7 Å². The minimum atomic E-state index is -0.637. The van der Waals surface area contributed by atoms with Crippen LogP contribution in [-0.4, -0.2) is 20.5 Å². The summed E-state index contributed by atoms with van der Waals surface area (Å²) < 4.78 is 8.88. The van der Waals surface area contributed by atoms with Gasteiger partial charge in [0, 0.05) is 23.7 Å².